The Morgan fingerprint density at radius 1 is 1.00 bits per heavy atom. The molecule has 3 unspecified atom stereocenters. The van der Waals surface area contributed by atoms with Crippen molar-refractivity contribution in [2.75, 3.05) is 6.61 Å². The molecule has 0 bridgehead atoms. The number of fused-ring (bicyclic) bond motifs is 1. The van der Waals surface area contributed by atoms with Crippen molar-refractivity contribution in [2.45, 2.75) is 82.1 Å². The Morgan fingerprint density at radius 3 is 2.57 bits per heavy atom. The van der Waals surface area contributed by atoms with Crippen molar-refractivity contribution in [3.05, 3.63) is 63.2 Å². The van der Waals surface area contributed by atoms with Crippen molar-refractivity contribution in [1.82, 2.24) is 0 Å². The van der Waals surface area contributed by atoms with E-state index in [0.29, 0.717) is 17.6 Å². The van der Waals surface area contributed by atoms with Crippen LogP contribution in [0.4, 0.5) is 0 Å². The fraction of sp³-hybridized carbons (Fsp3) is 0.577. The van der Waals surface area contributed by atoms with Crippen molar-refractivity contribution in [3.8, 4) is 5.75 Å². The molecule has 1 aliphatic heterocycles. The third kappa shape index (κ3) is 3.94. The molecule has 0 spiro atoms. The van der Waals surface area contributed by atoms with E-state index in [1.54, 1.807) is 0 Å². The van der Waals surface area contributed by atoms with Crippen LogP contribution in [0.1, 0.15) is 92.1 Å². The van der Waals surface area contributed by atoms with Crippen LogP contribution in [0.5, 0.6) is 5.75 Å². The summed E-state index contributed by atoms with van der Waals surface area (Å²) in [5.74, 6) is 1.52. The van der Waals surface area contributed by atoms with Gasteiger partial charge in [0, 0.05) is 24.0 Å². The minimum absolute atomic E-state index is 0.0682. The third-order valence-electron chi connectivity index (χ3n) is 7.29. The smallest absolute Gasteiger partial charge is 0.343 e. The molecule has 1 N–H and O–H groups in total. The van der Waals surface area contributed by atoms with E-state index in [0.717, 1.165) is 87.7 Å². The third-order valence-corrected chi connectivity index (χ3v) is 7.29. The van der Waals surface area contributed by atoms with Crippen LogP contribution in [-0.2, 0) is 11.2 Å². The molecule has 160 valence electrons. The van der Waals surface area contributed by atoms with Crippen molar-refractivity contribution < 1.29 is 14.3 Å². The van der Waals surface area contributed by atoms with Gasteiger partial charge in [-0.3, -0.25) is 0 Å². The van der Waals surface area contributed by atoms with Crippen LogP contribution in [0, 0.1) is 5.92 Å². The van der Waals surface area contributed by atoms with Crippen molar-refractivity contribution in [3.63, 3.8) is 0 Å². The second-order valence-corrected chi connectivity index (χ2v) is 9.38. The molecule has 2 aromatic rings. The molecule has 2 fully saturated rings. The highest BCUT2D eigenvalue weighted by atomic mass is 16.5. The van der Waals surface area contributed by atoms with E-state index in [1.807, 2.05) is 18.2 Å². The molecule has 0 amide bonds. The summed E-state index contributed by atoms with van der Waals surface area (Å²) in [6.45, 7) is 0.868. The highest BCUT2D eigenvalue weighted by Crippen LogP contribution is 2.49. The summed E-state index contributed by atoms with van der Waals surface area (Å²) in [5, 5.41) is 11.4. The number of aromatic hydroxyl groups is 1. The largest absolute Gasteiger partial charge is 0.507 e. The molecular formula is C26H32O4. The first-order valence-electron chi connectivity index (χ1n) is 11.8. The first kappa shape index (κ1) is 19.9. The van der Waals surface area contributed by atoms with Crippen LogP contribution in [0.25, 0.3) is 0 Å². The predicted molar refractivity (Wildman–Crippen MR) is 116 cm³/mol. The van der Waals surface area contributed by atoms with E-state index in [1.165, 1.54) is 0 Å². The molecule has 2 aliphatic carbocycles. The zero-order valence-corrected chi connectivity index (χ0v) is 17.6. The van der Waals surface area contributed by atoms with Gasteiger partial charge in [0.1, 0.15) is 11.5 Å². The van der Waals surface area contributed by atoms with E-state index < -0.39 is 0 Å². The van der Waals surface area contributed by atoms with Gasteiger partial charge in [-0.2, -0.15) is 0 Å². The highest BCUT2D eigenvalue weighted by molar-refractivity contribution is 5.47. The lowest BCUT2D eigenvalue weighted by atomic mass is 9.85. The summed E-state index contributed by atoms with van der Waals surface area (Å²) in [4.78, 5) is 13.2. The van der Waals surface area contributed by atoms with E-state index in [-0.39, 0.29) is 23.2 Å². The van der Waals surface area contributed by atoms with Crippen LogP contribution in [-0.4, -0.2) is 17.8 Å². The molecule has 1 saturated carbocycles. The Bertz CT molecular complexity index is 922. The number of hydrogen-bond donors (Lipinski definition) is 1. The lowest BCUT2D eigenvalue weighted by Gasteiger charge is -2.22. The zero-order chi connectivity index (χ0) is 20.5. The van der Waals surface area contributed by atoms with Gasteiger partial charge in [0.15, 0.2) is 0 Å². The van der Waals surface area contributed by atoms with Gasteiger partial charge in [-0.25, -0.2) is 4.79 Å². The molecule has 1 saturated heterocycles. The van der Waals surface area contributed by atoms with Gasteiger partial charge < -0.3 is 14.3 Å². The van der Waals surface area contributed by atoms with E-state index >= 15 is 0 Å². The average Bonchev–Trinajstić information content (AvgIpc) is 3.50. The normalized spacial score (nSPS) is 24.9. The standard InChI is InChI=1S/C26H32O4/c27-24-21-11-5-4-9-19(14-15-20-10-6-16-29-20)25(21)30-26(28)23(24)22(18-12-13-18)17-7-2-1-3-8-17/h1-3,7-8,18-20,22,27H,4-6,9-16H2. The van der Waals surface area contributed by atoms with Gasteiger partial charge in [0.2, 0.25) is 0 Å². The molecule has 1 aromatic carbocycles. The van der Waals surface area contributed by atoms with Gasteiger partial charge in [-0.05, 0) is 69.3 Å². The average molecular weight is 409 g/mol. The highest BCUT2D eigenvalue weighted by Gasteiger charge is 2.39. The lowest BCUT2D eigenvalue weighted by molar-refractivity contribution is 0.0995. The number of rotatable bonds is 6. The Labute approximate surface area is 178 Å². The molecule has 30 heavy (non-hydrogen) atoms. The second kappa shape index (κ2) is 8.58. The first-order valence-corrected chi connectivity index (χ1v) is 11.8. The molecule has 4 heteroatoms. The Kier molecular flexibility index (Phi) is 5.68. The Morgan fingerprint density at radius 2 is 1.83 bits per heavy atom. The maximum atomic E-state index is 13.2. The topological polar surface area (TPSA) is 59.7 Å². The number of hydrogen-bond acceptors (Lipinski definition) is 4. The molecule has 3 atom stereocenters. The van der Waals surface area contributed by atoms with Crippen LogP contribution < -0.4 is 5.63 Å². The Hall–Kier alpha value is -2.07. The van der Waals surface area contributed by atoms with Crippen molar-refractivity contribution in [2.24, 2.45) is 5.92 Å². The monoisotopic (exact) mass is 408 g/mol. The first-order chi connectivity index (χ1) is 14.7. The maximum absolute atomic E-state index is 13.2. The van der Waals surface area contributed by atoms with Gasteiger partial charge >= 0.3 is 5.63 Å². The van der Waals surface area contributed by atoms with Gasteiger partial charge in [-0.15, -0.1) is 0 Å². The summed E-state index contributed by atoms with van der Waals surface area (Å²) in [6, 6.07) is 10.1. The Balaban J connectivity index is 1.50. The molecule has 2 heterocycles. The summed E-state index contributed by atoms with van der Waals surface area (Å²) in [6.07, 6.45) is 10.7. The summed E-state index contributed by atoms with van der Waals surface area (Å²) < 4.78 is 11.8. The lowest BCUT2D eigenvalue weighted by Crippen LogP contribution is -2.19. The van der Waals surface area contributed by atoms with E-state index in [9.17, 15) is 9.90 Å². The van der Waals surface area contributed by atoms with Gasteiger partial charge in [0.05, 0.1) is 11.7 Å². The minimum atomic E-state index is -0.337. The van der Waals surface area contributed by atoms with Crippen LogP contribution in [0.2, 0.25) is 0 Å². The number of ether oxygens (including phenoxy) is 1. The molecule has 5 rings (SSSR count). The van der Waals surface area contributed by atoms with E-state index in [4.69, 9.17) is 9.15 Å². The fourth-order valence-corrected chi connectivity index (χ4v) is 5.56. The van der Waals surface area contributed by atoms with Crippen LogP contribution in [0.3, 0.4) is 0 Å². The van der Waals surface area contributed by atoms with Gasteiger partial charge in [-0.1, -0.05) is 36.8 Å². The fourth-order valence-electron chi connectivity index (χ4n) is 5.56. The second-order valence-electron chi connectivity index (χ2n) is 9.38. The van der Waals surface area contributed by atoms with Crippen molar-refractivity contribution in [1.29, 1.82) is 0 Å². The summed E-state index contributed by atoms with van der Waals surface area (Å²) in [5.41, 5.74) is 2.14. The summed E-state index contributed by atoms with van der Waals surface area (Å²) >= 11 is 0. The quantitative estimate of drug-likeness (QED) is 0.627. The van der Waals surface area contributed by atoms with Crippen molar-refractivity contribution >= 4 is 0 Å². The SMILES string of the molecule is O=c1oc2c(c(O)c1C(c1ccccc1)C1CC1)CCCCC2CCC1CCCO1. The predicted octanol–water partition coefficient (Wildman–Crippen LogP) is 5.66. The molecule has 0 radical (unpaired) electrons. The zero-order valence-electron chi connectivity index (χ0n) is 17.6. The molecule has 1 aromatic heterocycles. The minimum Gasteiger partial charge on any atom is -0.507 e. The molecular weight excluding hydrogens is 376 g/mol. The molecule has 4 nitrogen and oxygen atoms in total. The van der Waals surface area contributed by atoms with Gasteiger partial charge in [0.25, 0.3) is 0 Å². The van der Waals surface area contributed by atoms with Crippen LogP contribution in [0.15, 0.2) is 39.5 Å². The maximum Gasteiger partial charge on any atom is 0.343 e. The number of benzene rings is 1. The van der Waals surface area contributed by atoms with Crippen LogP contribution >= 0.6 is 0 Å². The van der Waals surface area contributed by atoms with E-state index in [2.05, 4.69) is 12.1 Å². The molecule has 3 aliphatic rings. The summed E-state index contributed by atoms with van der Waals surface area (Å²) in [7, 11) is 0.